The number of fused-ring (bicyclic) bond motifs is 1. The normalized spacial score (nSPS) is 31.9. The third-order valence-electron chi connectivity index (χ3n) is 4.41. The Morgan fingerprint density at radius 3 is 2.59 bits per heavy atom. The quantitative estimate of drug-likeness (QED) is 0.782. The van der Waals surface area contributed by atoms with Crippen LogP contribution in [0.25, 0.3) is 0 Å². The Morgan fingerprint density at radius 2 is 2.00 bits per heavy atom. The van der Waals surface area contributed by atoms with E-state index in [-0.39, 0.29) is 5.82 Å². The molecule has 2 nitrogen and oxygen atoms in total. The summed E-state index contributed by atoms with van der Waals surface area (Å²) in [6.07, 6.45) is 1.74. The average molecular weight is 234 g/mol. The van der Waals surface area contributed by atoms with Crippen molar-refractivity contribution in [1.29, 1.82) is 0 Å². The average Bonchev–Trinajstić information content (AvgIpc) is 2.77. The van der Waals surface area contributed by atoms with Crippen molar-refractivity contribution in [2.45, 2.75) is 32.7 Å². The summed E-state index contributed by atoms with van der Waals surface area (Å²) in [6, 6.07) is 2.48. The van der Waals surface area contributed by atoms with Crippen molar-refractivity contribution < 1.29 is 4.39 Å². The van der Waals surface area contributed by atoms with Crippen LogP contribution < -0.4 is 0 Å². The van der Waals surface area contributed by atoms with E-state index >= 15 is 0 Å². The van der Waals surface area contributed by atoms with Crippen LogP contribution >= 0.6 is 0 Å². The first-order valence-corrected chi connectivity index (χ1v) is 6.44. The molecule has 0 amide bonds. The topological polar surface area (TPSA) is 16.1 Å². The van der Waals surface area contributed by atoms with Gasteiger partial charge in [-0.2, -0.15) is 0 Å². The second-order valence-electron chi connectivity index (χ2n) is 5.70. The van der Waals surface area contributed by atoms with Crippen LogP contribution in [0.1, 0.15) is 31.0 Å². The summed E-state index contributed by atoms with van der Waals surface area (Å²) in [4.78, 5) is 6.50. The lowest BCUT2D eigenvalue weighted by molar-refractivity contribution is 0.242. The van der Waals surface area contributed by atoms with Crippen molar-refractivity contribution in [3.8, 4) is 0 Å². The van der Waals surface area contributed by atoms with Crippen molar-refractivity contribution in [2.75, 3.05) is 13.1 Å². The van der Waals surface area contributed by atoms with Crippen molar-refractivity contribution in [1.82, 2.24) is 9.88 Å². The number of aryl methyl sites for hydroxylation is 1. The molecule has 1 saturated carbocycles. The van der Waals surface area contributed by atoms with Crippen LogP contribution in [0.5, 0.6) is 0 Å². The van der Waals surface area contributed by atoms with Gasteiger partial charge in [0.25, 0.3) is 0 Å². The molecule has 2 atom stereocenters. The molecule has 2 unspecified atom stereocenters. The largest absolute Gasteiger partial charge is 0.300 e. The summed E-state index contributed by atoms with van der Waals surface area (Å²) in [6.45, 7) is 8.48. The van der Waals surface area contributed by atoms with Gasteiger partial charge in [-0.3, -0.25) is 4.98 Å². The van der Waals surface area contributed by atoms with Crippen LogP contribution in [0.4, 0.5) is 4.39 Å². The zero-order chi connectivity index (χ0) is 12.2. The molecule has 92 valence electrons. The minimum Gasteiger partial charge on any atom is -0.300 e. The molecule has 0 bridgehead atoms. The summed E-state index contributed by atoms with van der Waals surface area (Å²) >= 11 is 0. The molecule has 1 aromatic rings. The van der Waals surface area contributed by atoms with Crippen LogP contribution in [0.2, 0.25) is 0 Å². The molecular weight excluding hydrogens is 215 g/mol. The first-order valence-electron chi connectivity index (χ1n) is 6.44. The molecule has 2 aliphatic rings. The van der Waals surface area contributed by atoms with Crippen molar-refractivity contribution in [3.05, 3.63) is 29.3 Å². The van der Waals surface area contributed by atoms with E-state index in [4.69, 9.17) is 0 Å². The van der Waals surface area contributed by atoms with E-state index < -0.39 is 0 Å². The highest BCUT2D eigenvalue weighted by Crippen LogP contribution is 2.58. The van der Waals surface area contributed by atoms with Gasteiger partial charge < -0.3 is 4.90 Å². The van der Waals surface area contributed by atoms with Gasteiger partial charge in [-0.15, -0.1) is 0 Å². The highest BCUT2D eigenvalue weighted by Gasteiger charge is 2.57. The Hall–Kier alpha value is -0.960. The third-order valence-corrected chi connectivity index (χ3v) is 4.41. The van der Waals surface area contributed by atoms with Gasteiger partial charge in [-0.05, 0) is 50.2 Å². The maximum Gasteiger partial charge on any atom is 0.147 e. The number of hydrogen-bond acceptors (Lipinski definition) is 2. The molecule has 1 aliphatic heterocycles. The summed E-state index contributed by atoms with van der Waals surface area (Å²) in [5.41, 5.74) is 1.43. The lowest BCUT2D eigenvalue weighted by atomic mass is 10.1. The van der Waals surface area contributed by atoms with Gasteiger partial charge in [0, 0.05) is 25.3 Å². The molecule has 0 radical (unpaired) electrons. The minimum absolute atomic E-state index is 0.0806. The Kier molecular flexibility index (Phi) is 2.47. The monoisotopic (exact) mass is 234 g/mol. The van der Waals surface area contributed by atoms with E-state index in [0.717, 1.165) is 18.7 Å². The number of piperidine rings is 1. The molecule has 1 aromatic heterocycles. The van der Waals surface area contributed by atoms with Crippen LogP contribution in [0.15, 0.2) is 12.3 Å². The smallest absolute Gasteiger partial charge is 0.147 e. The van der Waals surface area contributed by atoms with Crippen LogP contribution in [-0.4, -0.2) is 29.0 Å². The Bertz CT molecular complexity index is 432. The number of pyridine rings is 1. The van der Waals surface area contributed by atoms with Crippen LogP contribution in [-0.2, 0) is 0 Å². The maximum absolute atomic E-state index is 14.0. The van der Waals surface area contributed by atoms with E-state index in [2.05, 4.69) is 23.7 Å². The fourth-order valence-electron chi connectivity index (χ4n) is 3.27. The first-order chi connectivity index (χ1) is 8.09. The van der Waals surface area contributed by atoms with Gasteiger partial charge in [0.1, 0.15) is 5.82 Å². The predicted molar refractivity (Wildman–Crippen MR) is 65.4 cm³/mol. The number of rotatable bonds is 2. The highest BCUT2D eigenvalue weighted by molar-refractivity contribution is 5.32. The molecule has 0 aromatic carbocycles. The first kappa shape index (κ1) is 11.1. The van der Waals surface area contributed by atoms with Gasteiger partial charge in [0.05, 0.1) is 5.69 Å². The fraction of sp³-hybridized carbons (Fsp3) is 0.643. The number of aromatic nitrogens is 1. The Morgan fingerprint density at radius 1 is 1.35 bits per heavy atom. The zero-order valence-electron chi connectivity index (χ0n) is 10.7. The lowest BCUT2D eigenvalue weighted by Crippen LogP contribution is -2.31. The van der Waals surface area contributed by atoms with Crippen molar-refractivity contribution >= 4 is 0 Å². The zero-order valence-corrected chi connectivity index (χ0v) is 10.7. The predicted octanol–water partition coefficient (Wildman–Crippen LogP) is 2.58. The summed E-state index contributed by atoms with van der Waals surface area (Å²) in [7, 11) is 0. The molecule has 17 heavy (non-hydrogen) atoms. The van der Waals surface area contributed by atoms with Crippen molar-refractivity contribution in [3.63, 3.8) is 0 Å². The Balaban J connectivity index is 1.77. The van der Waals surface area contributed by atoms with E-state index in [1.807, 2.05) is 6.07 Å². The van der Waals surface area contributed by atoms with Gasteiger partial charge in [-0.25, -0.2) is 4.39 Å². The molecule has 3 heteroatoms. The van der Waals surface area contributed by atoms with E-state index in [1.165, 1.54) is 0 Å². The SMILES string of the molecule is Cc1nccc(C2C3CN(C(C)C)CC32)c1F. The van der Waals surface area contributed by atoms with Crippen molar-refractivity contribution in [2.24, 2.45) is 11.8 Å². The number of likely N-dealkylation sites (tertiary alicyclic amines) is 1. The highest BCUT2D eigenvalue weighted by atomic mass is 19.1. The molecule has 0 N–H and O–H groups in total. The fourth-order valence-corrected chi connectivity index (χ4v) is 3.27. The minimum atomic E-state index is -0.0806. The van der Waals surface area contributed by atoms with Gasteiger partial charge in [0.15, 0.2) is 0 Å². The van der Waals surface area contributed by atoms with Gasteiger partial charge in [-0.1, -0.05) is 0 Å². The summed E-state index contributed by atoms with van der Waals surface area (Å²) in [5.74, 6) is 1.72. The third kappa shape index (κ3) is 1.68. The van der Waals surface area contributed by atoms with E-state index in [1.54, 1.807) is 13.1 Å². The van der Waals surface area contributed by atoms with Gasteiger partial charge in [0.2, 0.25) is 0 Å². The molecule has 2 fully saturated rings. The second kappa shape index (κ2) is 3.77. The number of halogens is 1. The van der Waals surface area contributed by atoms with E-state index in [0.29, 0.717) is 29.5 Å². The summed E-state index contributed by atoms with van der Waals surface area (Å²) < 4.78 is 14.0. The van der Waals surface area contributed by atoms with Crippen LogP contribution in [0, 0.1) is 24.6 Å². The molecule has 2 heterocycles. The number of hydrogen-bond donors (Lipinski definition) is 0. The van der Waals surface area contributed by atoms with E-state index in [9.17, 15) is 4.39 Å². The molecular formula is C14H19FN2. The molecule has 1 saturated heterocycles. The molecule has 1 aliphatic carbocycles. The van der Waals surface area contributed by atoms with Crippen LogP contribution in [0.3, 0.4) is 0 Å². The van der Waals surface area contributed by atoms with Gasteiger partial charge >= 0.3 is 0 Å². The number of nitrogens with zero attached hydrogens (tertiary/aromatic N) is 2. The molecule has 0 spiro atoms. The lowest BCUT2D eigenvalue weighted by Gasteiger charge is -2.23. The molecule has 3 rings (SSSR count). The standard InChI is InChI=1S/C14H19FN2/c1-8(2)17-6-11-12(7-17)13(11)10-4-5-16-9(3)14(10)15/h4-5,8,11-13H,6-7H2,1-3H3. The Labute approximate surface area is 102 Å². The summed E-state index contributed by atoms with van der Waals surface area (Å²) in [5, 5.41) is 0. The maximum atomic E-state index is 14.0. The second-order valence-corrected chi connectivity index (χ2v) is 5.70.